The fourth-order valence-electron chi connectivity index (χ4n) is 2.75. The predicted molar refractivity (Wildman–Crippen MR) is 99.8 cm³/mol. The lowest BCUT2D eigenvalue weighted by Crippen LogP contribution is -2.47. The van der Waals surface area contributed by atoms with Crippen molar-refractivity contribution < 1.29 is 19.2 Å². The van der Waals surface area contributed by atoms with Crippen LogP contribution in [-0.2, 0) is 15.1 Å². The van der Waals surface area contributed by atoms with Gasteiger partial charge in [-0.3, -0.25) is 19.8 Å². The minimum atomic E-state index is -1.25. The summed E-state index contributed by atoms with van der Waals surface area (Å²) in [7, 11) is 0. The van der Waals surface area contributed by atoms with Crippen LogP contribution in [0.2, 0.25) is 0 Å². The number of rotatable bonds is 6. The van der Waals surface area contributed by atoms with Gasteiger partial charge in [0.1, 0.15) is 12.1 Å². The summed E-state index contributed by atoms with van der Waals surface area (Å²) >= 11 is 0. The highest BCUT2D eigenvalue weighted by atomic mass is 16.2. The first-order valence-electron chi connectivity index (χ1n) is 8.92. The van der Waals surface area contributed by atoms with E-state index in [1.807, 2.05) is 32.9 Å². The van der Waals surface area contributed by atoms with Gasteiger partial charge in [0, 0.05) is 6.54 Å². The molecule has 8 heteroatoms. The average molecular weight is 374 g/mol. The molecule has 0 bridgehead atoms. The summed E-state index contributed by atoms with van der Waals surface area (Å²) in [4.78, 5) is 49.5. The minimum absolute atomic E-state index is 0.423. The lowest BCUT2D eigenvalue weighted by molar-refractivity contribution is -0.134. The third kappa shape index (κ3) is 4.84. The second kappa shape index (κ2) is 8.20. The van der Waals surface area contributed by atoms with E-state index in [1.54, 1.807) is 19.1 Å². The van der Waals surface area contributed by atoms with E-state index >= 15 is 0 Å². The molecule has 6 amide bonds. The Labute approximate surface area is 158 Å². The number of imide groups is 2. The van der Waals surface area contributed by atoms with Crippen LogP contribution in [0.15, 0.2) is 24.3 Å². The summed E-state index contributed by atoms with van der Waals surface area (Å²) in [6, 6.07) is 5.90. The van der Waals surface area contributed by atoms with Crippen LogP contribution < -0.4 is 16.0 Å². The van der Waals surface area contributed by atoms with Crippen LogP contribution in [0, 0.1) is 12.8 Å². The molecule has 1 aromatic carbocycles. The van der Waals surface area contributed by atoms with Crippen molar-refractivity contribution in [3.05, 3.63) is 35.4 Å². The molecule has 1 aromatic rings. The number of amides is 6. The lowest BCUT2D eigenvalue weighted by atomic mass is 9.91. The third-order valence-electron chi connectivity index (χ3n) is 4.47. The Morgan fingerprint density at radius 2 is 1.81 bits per heavy atom. The summed E-state index contributed by atoms with van der Waals surface area (Å²) in [5.74, 6) is -0.841. The SMILES string of the molecule is Cc1ccc([C@]2(C)NC(=O)N(CC(=O)NC(=O)NCCC(C)C)C2=O)cc1. The van der Waals surface area contributed by atoms with Gasteiger partial charge < -0.3 is 10.6 Å². The van der Waals surface area contributed by atoms with E-state index in [2.05, 4.69) is 16.0 Å². The van der Waals surface area contributed by atoms with Crippen molar-refractivity contribution in [1.29, 1.82) is 0 Å². The Morgan fingerprint density at radius 3 is 2.41 bits per heavy atom. The standard InChI is InChI=1S/C19H26N4O4/c1-12(2)9-10-20-17(26)21-15(24)11-23-16(25)19(4,22-18(23)27)14-7-5-13(3)6-8-14/h5-8,12H,9-11H2,1-4H3,(H,22,27)(H2,20,21,24,26)/t19-/m0/s1. The van der Waals surface area contributed by atoms with E-state index in [0.717, 1.165) is 16.9 Å². The minimum Gasteiger partial charge on any atom is -0.338 e. The first-order valence-corrected chi connectivity index (χ1v) is 8.92. The molecule has 1 heterocycles. The molecule has 2 rings (SSSR count). The highest BCUT2D eigenvalue weighted by Crippen LogP contribution is 2.28. The van der Waals surface area contributed by atoms with Crippen molar-refractivity contribution in [3.8, 4) is 0 Å². The summed E-state index contributed by atoms with van der Waals surface area (Å²) in [5, 5.41) is 7.33. The number of nitrogens with one attached hydrogen (secondary N) is 3. The molecule has 1 saturated heterocycles. The van der Waals surface area contributed by atoms with Gasteiger partial charge in [-0.1, -0.05) is 43.7 Å². The number of nitrogens with zero attached hydrogens (tertiary/aromatic N) is 1. The molecule has 8 nitrogen and oxygen atoms in total. The maximum absolute atomic E-state index is 12.8. The first kappa shape index (κ1) is 20.4. The van der Waals surface area contributed by atoms with Crippen molar-refractivity contribution in [2.24, 2.45) is 5.92 Å². The Balaban J connectivity index is 1.97. The topological polar surface area (TPSA) is 108 Å². The van der Waals surface area contributed by atoms with Gasteiger partial charge in [-0.15, -0.1) is 0 Å². The third-order valence-corrected chi connectivity index (χ3v) is 4.47. The molecule has 0 saturated carbocycles. The molecular weight excluding hydrogens is 348 g/mol. The van der Waals surface area contributed by atoms with E-state index < -0.39 is 36.0 Å². The van der Waals surface area contributed by atoms with Crippen molar-refractivity contribution in [2.75, 3.05) is 13.1 Å². The molecule has 0 radical (unpaired) electrons. The summed E-state index contributed by atoms with van der Waals surface area (Å²) < 4.78 is 0. The van der Waals surface area contributed by atoms with Crippen LogP contribution in [-0.4, -0.2) is 41.9 Å². The van der Waals surface area contributed by atoms with Gasteiger partial charge in [0.05, 0.1) is 0 Å². The Bertz CT molecular complexity index is 745. The number of carbonyl (C=O) groups is 4. The second-order valence-corrected chi connectivity index (χ2v) is 7.30. The Morgan fingerprint density at radius 1 is 1.19 bits per heavy atom. The largest absolute Gasteiger partial charge is 0.338 e. The number of carbonyl (C=O) groups excluding carboxylic acids is 4. The fraction of sp³-hybridized carbons (Fsp3) is 0.474. The van der Waals surface area contributed by atoms with Gasteiger partial charge in [-0.05, 0) is 31.7 Å². The van der Waals surface area contributed by atoms with E-state index in [-0.39, 0.29) is 0 Å². The molecule has 1 atom stereocenters. The zero-order chi connectivity index (χ0) is 20.2. The maximum atomic E-state index is 12.8. The predicted octanol–water partition coefficient (Wildman–Crippen LogP) is 1.63. The molecule has 0 aliphatic carbocycles. The van der Waals surface area contributed by atoms with Gasteiger partial charge in [0.2, 0.25) is 5.91 Å². The van der Waals surface area contributed by atoms with Gasteiger partial charge in [-0.2, -0.15) is 0 Å². The Kier molecular flexibility index (Phi) is 6.20. The van der Waals surface area contributed by atoms with E-state index in [4.69, 9.17) is 0 Å². The number of benzene rings is 1. The van der Waals surface area contributed by atoms with Crippen LogP contribution in [0.4, 0.5) is 9.59 Å². The van der Waals surface area contributed by atoms with Crippen molar-refractivity contribution in [3.63, 3.8) is 0 Å². The van der Waals surface area contributed by atoms with E-state index in [0.29, 0.717) is 18.0 Å². The fourth-order valence-corrected chi connectivity index (χ4v) is 2.75. The van der Waals surface area contributed by atoms with Gasteiger partial charge in [0.15, 0.2) is 0 Å². The molecule has 1 aliphatic heterocycles. The number of hydrogen-bond acceptors (Lipinski definition) is 4. The highest BCUT2D eigenvalue weighted by molar-refractivity contribution is 6.10. The zero-order valence-corrected chi connectivity index (χ0v) is 16.1. The zero-order valence-electron chi connectivity index (χ0n) is 16.1. The number of urea groups is 2. The monoisotopic (exact) mass is 374 g/mol. The molecule has 27 heavy (non-hydrogen) atoms. The van der Waals surface area contributed by atoms with Crippen LogP contribution in [0.3, 0.4) is 0 Å². The molecule has 3 N–H and O–H groups in total. The quantitative estimate of drug-likeness (QED) is 0.658. The van der Waals surface area contributed by atoms with Crippen molar-refractivity contribution >= 4 is 23.9 Å². The summed E-state index contributed by atoms with van der Waals surface area (Å²) in [5.41, 5.74) is 0.407. The first-order chi connectivity index (χ1) is 12.6. The highest BCUT2D eigenvalue weighted by Gasteiger charge is 2.49. The Hall–Kier alpha value is -2.90. The lowest BCUT2D eigenvalue weighted by Gasteiger charge is -2.22. The molecule has 0 aromatic heterocycles. The van der Waals surface area contributed by atoms with Crippen molar-refractivity contribution in [2.45, 2.75) is 39.7 Å². The van der Waals surface area contributed by atoms with E-state index in [1.165, 1.54) is 0 Å². The molecule has 0 spiro atoms. The second-order valence-electron chi connectivity index (χ2n) is 7.30. The number of aryl methyl sites for hydroxylation is 1. The van der Waals surface area contributed by atoms with Crippen LogP contribution in [0.5, 0.6) is 0 Å². The van der Waals surface area contributed by atoms with Gasteiger partial charge in [0.25, 0.3) is 5.91 Å². The summed E-state index contributed by atoms with van der Waals surface area (Å²) in [6.45, 7) is 7.47. The molecule has 146 valence electrons. The van der Waals surface area contributed by atoms with E-state index in [9.17, 15) is 19.2 Å². The van der Waals surface area contributed by atoms with Gasteiger partial charge >= 0.3 is 12.1 Å². The number of hydrogen-bond donors (Lipinski definition) is 3. The molecular formula is C19H26N4O4. The normalized spacial score (nSPS) is 19.2. The van der Waals surface area contributed by atoms with Crippen LogP contribution in [0.1, 0.15) is 38.3 Å². The average Bonchev–Trinajstić information content (AvgIpc) is 2.79. The summed E-state index contributed by atoms with van der Waals surface area (Å²) in [6.07, 6.45) is 0.781. The van der Waals surface area contributed by atoms with Crippen LogP contribution in [0.25, 0.3) is 0 Å². The maximum Gasteiger partial charge on any atom is 0.325 e. The molecule has 0 unspecified atom stereocenters. The smallest absolute Gasteiger partial charge is 0.325 e. The van der Waals surface area contributed by atoms with Gasteiger partial charge in [-0.25, -0.2) is 9.59 Å². The molecule has 1 fully saturated rings. The van der Waals surface area contributed by atoms with Crippen LogP contribution >= 0.6 is 0 Å². The molecule has 1 aliphatic rings. The van der Waals surface area contributed by atoms with Crippen molar-refractivity contribution in [1.82, 2.24) is 20.9 Å².